The van der Waals surface area contributed by atoms with Crippen molar-refractivity contribution in [3.63, 3.8) is 0 Å². The van der Waals surface area contributed by atoms with Crippen LogP contribution >= 0.6 is 0 Å². The molecule has 0 heterocycles. The van der Waals surface area contributed by atoms with E-state index >= 15 is 0 Å². The number of rotatable bonds is 6. The first kappa shape index (κ1) is 13.3. The predicted molar refractivity (Wildman–Crippen MR) is 70.2 cm³/mol. The molecule has 5 nitrogen and oxygen atoms in total. The van der Waals surface area contributed by atoms with Gasteiger partial charge in [-0.15, -0.1) is 0 Å². The highest BCUT2D eigenvalue weighted by molar-refractivity contribution is 7.88. The third-order valence-corrected chi connectivity index (χ3v) is 4.31. The fourth-order valence-electron chi connectivity index (χ4n) is 1.81. The van der Waals surface area contributed by atoms with Crippen molar-refractivity contribution in [2.75, 3.05) is 12.3 Å². The number of aliphatic hydroxyl groups excluding tert-OH is 1. The number of anilines is 1. The second kappa shape index (κ2) is 5.26. The highest BCUT2D eigenvalue weighted by Gasteiger charge is 2.30. The molecule has 4 N–H and O–H groups in total. The van der Waals surface area contributed by atoms with Crippen molar-refractivity contribution in [2.45, 2.75) is 24.7 Å². The minimum atomic E-state index is -3.42. The molecular formula is C12H18N2O3S. The van der Waals surface area contributed by atoms with Gasteiger partial charge < -0.3 is 10.8 Å². The number of nitrogen functional groups attached to an aromatic ring is 1. The number of nitrogens with one attached hydrogen (secondary N) is 1. The van der Waals surface area contributed by atoms with Gasteiger partial charge >= 0.3 is 0 Å². The molecule has 0 radical (unpaired) electrons. The van der Waals surface area contributed by atoms with E-state index in [4.69, 9.17) is 5.73 Å². The second-order valence-electron chi connectivity index (χ2n) is 4.76. The Morgan fingerprint density at radius 3 is 2.78 bits per heavy atom. The molecule has 1 aromatic rings. The van der Waals surface area contributed by atoms with Crippen molar-refractivity contribution in [3.8, 4) is 0 Å². The molecule has 0 bridgehead atoms. The van der Waals surface area contributed by atoms with Crippen LogP contribution in [0.2, 0.25) is 0 Å². The van der Waals surface area contributed by atoms with E-state index in [2.05, 4.69) is 4.72 Å². The smallest absolute Gasteiger partial charge is 0.215 e. The van der Waals surface area contributed by atoms with Crippen molar-refractivity contribution in [2.24, 2.45) is 5.92 Å². The third kappa shape index (κ3) is 3.97. The Balaban J connectivity index is 1.90. The molecular weight excluding hydrogens is 252 g/mol. The maximum absolute atomic E-state index is 11.8. The van der Waals surface area contributed by atoms with Crippen LogP contribution in [0.4, 0.5) is 5.69 Å². The molecule has 1 saturated carbocycles. The molecule has 18 heavy (non-hydrogen) atoms. The van der Waals surface area contributed by atoms with Gasteiger partial charge in [-0.25, -0.2) is 13.1 Å². The molecule has 0 aromatic heterocycles. The first-order valence-corrected chi connectivity index (χ1v) is 7.61. The Bertz CT molecular complexity index is 512. The van der Waals surface area contributed by atoms with Gasteiger partial charge in [-0.05, 0) is 36.5 Å². The van der Waals surface area contributed by atoms with Crippen LogP contribution in [0.3, 0.4) is 0 Å². The van der Waals surface area contributed by atoms with Crippen LogP contribution in [0.5, 0.6) is 0 Å². The first-order chi connectivity index (χ1) is 8.46. The lowest BCUT2D eigenvalue weighted by Crippen LogP contribution is -2.33. The second-order valence-corrected chi connectivity index (χ2v) is 6.56. The number of hydrogen-bond acceptors (Lipinski definition) is 4. The molecule has 1 aliphatic carbocycles. The molecule has 2 rings (SSSR count). The normalized spacial score (nSPS) is 17.6. The van der Waals surface area contributed by atoms with E-state index in [0.717, 1.165) is 12.8 Å². The van der Waals surface area contributed by atoms with Gasteiger partial charge in [0.25, 0.3) is 0 Å². The van der Waals surface area contributed by atoms with Crippen molar-refractivity contribution in [1.82, 2.24) is 4.72 Å². The average Bonchev–Trinajstić information content (AvgIpc) is 3.09. The molecule has 6 heteroatoms. The third-order valence-electron chi connectivity index (χ3n) is 2.99. The Labute approximate surface area is 107 Å². The van der Waals surface area contributed by atoms with E-state index in [1.54, 1.807) is 24.3 Å². The van der Waals surface area contributed by atoms with E-state index < -0.39 is 16.1 Å². The summed E-state index contributed by atoms with van der Waals surface area (Å²) < 4.78 is 26.0. The number of nitrogens with two attached hydrogens (primary N) is 1. The number of aliphatic hydroxyl groups is 1. The molecule has 0 saturated heterocycles. The topological polar surface area (TPSA) is 92.4 Å². The van der Waals surface area contributed by atoms with Gasteiger partial charge in [0, 0.05) is 12.2 Å². The summed E-state index contributed by atoms with van der Waals surface area (Å²) in [4.78, 5) is 0. The SMILES string of the molecule is Nc1cccc(CS(=O)(=O)NCC(O)C2CC2)c1. The lowest BCUT2D eigenvalue weighted by atomic mass is 10.2. The summed E-state index contributed by atoms with van der Waals surface area (Å²) in [5.41, 5.74) is 6.78. The van der Waals surface area contributed by atoms with Crippen LogP contribution in [0.1, 0.15) is 18.4 Å². The van der Waals surface area contributed by atoms with E-state index in [-0.39, 0.29) is 18.2 Å². The van der Waals surface area contributed by atoms with Gasteiger partial charge in [0.05, 0.1) is 11.9 Å². The Morgan fingerprint density at radius 1 is 1.44 bits per heavy atom. The predicted octanol–water partition coefficient (Wildman–Crippen LogP) is 0.459. The van der Waals surface area contributed by atoms with Crippen LogP contribution in [0.25, 0.3) is 0 Å². The fraction of sp³-hybridized carbons (Fsp3) is 0.500. The summed E-state index contributed by atoms with van der Waals surface area (Å²) in [6.45, 7) is 0.0926. The van der Waals surface area contributed by atoms with Crippen molar-refractivity contribution in [3.05, 3.63) is 29.8 Å². The average molecular weight is 270 g/mol. The minimum Gasteiger partial charge on any atom is -0.399 e. The van der Waals surface area contributed by atoms with Gasteiger partial charge in [-0.3, -0.25) is 0 Å². The fourth-order valence-corrected chi connectivity index (χ4v) is 2.96. The monoisotopic (exact) mass is 270 g/mol. The van der Waals surface area contributed by atoms with Crippen molar-refractivity contribution >= 4 is 15.7 Å². The summed E-state index contributed by atoms with van der Waals surface area (Å²) in [6.07, 6.45) is 1.40. The van der Waals surface area contributed by atoms with Crippen molar-refractivity contribution in [1.29, 1.82) is 0 Å². The lowest BCUT2D eigenvalue weighted by Gasteiger charge is -2.11. The van der Waals surface area contributed by atoms with E-state index in [0.29, 0.717) is 11.3 Å². The molecule has 1 aliphatic rings. The summed E-state index contributed by atoms with van der Waals surface area (Å²) in [5, 5.41) is 9.62. The zero-order chi connectivity index (χ0) is 13.2. The van der Waals surface area contributed by atoms with Crippen LogP contribution in [0.15, 0.2) is 24.3 Å². The number of sulfonamides is 1. The quantitative estimate of drug-likeness (QED) is 0.655. The van der Waals surface area contributed by atoms with E-state index in [9.17, 15) is 13.5 Å². The molecule has 1 atom stereocenters. The summed E-state index contributed by atoms with van der Waals surface area (Å²) >= 11 is 0. The summed E-state index contributed by atoms with van der Waals surface area (Å²) in [6, 6.07) is 6.78. The lowest BCUT2D eigenvalue weighted by molar-refractivity contribution is 0.155. The highest BCUT2D eigenvalue weighted by Crippen LogP contribution is 2.32. The summed E-state index contributed by atoms with van der Waals surface area (Å²) in [7, 11) is -3.42. The molecule has 0 amide bonds. The van der Waals surface area contributed by atoms with Crippen LogP contribution in [-0.4, -0.2) is 26.2 Å². The van der Waals surface area contributed by atoms with Gasteiger partial charge in [-0.1, -0.05) is 12.1 Å². The Kier molecular flexibility index (Phi) is 3.89. The van der Waals surface area contributed by atoms with Crippen LogP contribution in [-0.2, 0) is 15.8 Å². The molecule has 0 aliphatic heterocycles. The van der Waals surface area contributed by atoms with E-state index in [1.165, 1.54) is 0 Å². The maximum Gasteiger partial charge on any atom is 0.215 e. The molecule has 1 unspecified atom stereocenters. The van der Waals surface area contributed by atoms with Gasteiger partial charge in [0.15, 0.2) is 0 Å². The maximum atomic E-state index is 11.8. The zero-order valence-corrected chi connectivity index (χ0v) is 10.9. The Morgan fingerprint density at radius 2 is 2.17 bits per heavy atom. The molecule has 0 spiro atoms. The number of benzene rings is 1. The van der Waals surface area contributed by atoms with Crippen molar-refractivity contribution < 1.29 is 13.5 Å². The Hall–Kier alpha value is -1.11. The first-order valence-electron chi connectivity index (χ1n) is 5.96. The molecule has 1 aromatic carbocycles. The van der Waals surface area contributed by atoms with Gasteiger partial charge in [0.2, 0.25) is 10.0 Å². The highest BCUT2D eigenvalue weighted by atomic mass is 32.2. The standard InChI is InChI=1S/C12H18N2O3S/c13-11-3-1-2-9(6-11)8-18(16,17)14-7-12(15)10-4-5-10/h1-3,6,10,12,14-15H,4-5,7-8,13H2. The van der Waals surface area contributed by atoms with Gasteiger partial charge in [-0.2, -0.15) is 0 Å². The van der Waals surface area contributed by atoms with Crippen LogP contribution in [0, 0.1) is 5.92 Å². The van der Waals surface area contributed by atoms with Crippen LogP contribution < -0.4 is 10.5 Å². The molecule has 100 valence electrons. The zero-order valence-electron chi connectivity index (χ0n) is 10.0. The largest absolute Gasteiger partial charge is 0.399 e. The number of hydrogen-bond donors (Lipinski definition) is 3. The minimum absolute atomic E-state index is 0.0926. The van der Waals surface area contributed by atoms with E-state index in [1.807, 2.05) is 0 Å². The summed E-state index contributed by atoms with van der Waals surface area (Å²) in [5.74, 6) is 0.148. The van der Waals surface area contributed by atoms with Gasteiger partial charge in [0.1, 0.15) is 0 Å². The molecule has 1 fully saturated rings.